The molecule has 3 heterocycles. The highest BCUT2D eigenvalue weighted by Gasteiger charge is 2.24. The van der Waals surface area contributed by atoms with Gasteiger partial charge in [-0.05, 0) is 69.8 Å². The largest absolute Gasteiger partial charge is 0.381 e. The first-order valence-electron chi connectivity index (χ1n) is 11.4. The lowest BCUT2D eigenvalue weighted by atomic mass is 9.88. The highest BCUT2D eigenvalue weighted by atomic mass is 16.5. The minimum Gasteiger partial charge on any atom is -0.381 e. The van der Waals surface area contributed by atoms with Crippen LogP contribution in [0.4, 0.5) is 0 Å². The maximum atomic E-state index is 5.72. The van der Waals surface area contributed by atoms with E-state index in [0.717, 1.165) is 61.7 Å². The van der Waals surface area contributed by atoms with E-state index in [1.54, 1.807) is 0 Å². The maximum absolute atomic E-state index is 5.72. The third kappa shape index (κ3) is 4.66. The van der Waals surface area contributed by atoms with E-state index in [-0.39, 0.29) is 6.04 Å². The van der Waals surface area contributed by atoms with Gasteiger partial charge in [-0.1, -0.05) is 18.2 Å². The van der Waals surface area contributed by atoms with Gasteiger partial charge in [-0.15, -0.1) is 0 Å². The SMILES string of the molecule is Cc1nn(C(C)C)c2nc(-c3cccc(CN(C)CCN)c3)cc(C3CCOCC3)c12. The average Bonchev–Trinajstić information content (AvgIpc) is 3.11. The van der Waals surface area contributed by atoms with Crippen LogP contribution in [0.3, 0.4) is 0 Å². The van der Waals surface area contributed by atoms with Gasteiger partial charge in [0.2, 0.25) is 0 Å². The topological polar surface area (TPSA) is 69.2 Å². The summed E-state index contributed by atoms with van der Waals surface area (Å²) in [5.41, 5.74) is 12.6. The van der Waals surface area contributed by atoms with Crippen molar-refractivity contribution in [2.24, 2.45) is 5.73 Å². The number of aromatic nitrogens is 3. The van der Waals surface area contributed by atoms with Crippen molar-refractivity contribution in [2.45, 2.75) is 52.1 Å². The van der Waals surface area contributed by atoms with E-state index in [4.69, 9.17) is 20.6 Å². The van der Waals surface area contributed by atoms with Crippen LogP contribution < -0.4 is 5.73 Å². The van der Waals surface area contributed by atoms with Crippen molar-refractivity contribution in [1.82, 2.24) is 19.7 Å². The highest BCUT2D eigenvalue weighted by Crippen LogP contribution is 2.37. The number of hydrogen-bond donors (Lipinski definition) is 1. The van der Waals surface area contributed by atoms with E-state index in [1.165, 1.54) is 16.5 Å². The zero-order valence-electron chi connectivity index (χ0n) is 19.3. The fourth-order valence-electron chi connectivity index (χ4n) is 4.62. The second kappa shape index (κ2) is 9.47. The zero-order valence-corrected chi connectivity index (χ0v) is 19.3. The normalized spacial score (nSPS) is 15.5. The number of aryl methyl sites for hydroxylation is 1. The number of likely N-dealkylation sites (N-methyl/N-ethyl adjacent to an activating group) is 1. The smallest absolute Gasteiger partial charge is 0.159 e. The first-order valence-corrected chi connectivity index (χ1v) is 11.4. The Kier molecular flexibility index (Phi) is 6.70. The number of rotatable bonds is 7. The minimum absolute atomic E-state index is 0.262. The summed E-state index contributed by atoms with van der Waals surface area (Å²) in [7, 11) is 2.11. The summed E-state index contributed by atoms with van der Waals surface area (Å²) in [6.07, 6.45) is 2.10. The average molecular weight is 422 g/mol. The van der Waals surface area contributed by atoms with E-state index >= 15 is 0 Å². The summed E-state index contributed by atoms with van der Waals surface area (Å²) in [6, 6.07) is 11.3. The number of pyridine rings is 1. The standard InChI is InChI=1S/C25H35N5O/c1-17(2)30-25-24(18(3)28-30)22(20-8-12-31-13-9-20)15-23(27-25)21-7-5-6-19(14-21)16-29(4)11-10-26/h5-7,14-15,17,20H,8-13,16,26H2,1-4H3. The van der Waals surface area contributed by atoms with Crippen molar-refractivity contribution in [2.75, 3.05) is 33.4 Å². The van der Waals surface area contributed by atoms with Crippen molar-refractivity contribution in [1.29, 1.82) is 0 Å². The summed E-state index contributed by atoms with van der Waals surface area (Å²) in [6.45, 7) is 10.5. The Bertz CT molecular complexity index is 1040. The number of benzene rings is 1. The molecule has 166 valence electrons. The van der Waals surface area contributed by atoms with Gasteiger partial charge in [-0.2, -0.15) is 5.10 Å². The Balaban J connectivity index is 1.82. The molecule has 0 atom stereocenters. The molecule has 0 bridgehead atoms. The van der Waals surface area contributed by atoms with Crippen LogP contribution in [0.25, 0.3) is 22.3 Å². The van der Waals surface area contributed by atoms with Crippen molar-refractivity contribution in [3.8, 4) is 11.3 Å². The summed E-state index contributed by atoms with van der Waals surface area (Å²) in [5.74, 6) is 0.486. The second-order valence-electron chi connectivity index (χ2n) is 9.03. The molecule has 1 aliphatic rings. The lowest BCUT2D eigenvalue weighted by Crippen LogP contribution is -2.24. The molecule has 0 saturated carbocycles. The van der Waals surface area contributed by atoms with Crippen LogP contribution in [-0.2, 0) is 11.3 Å². The van der Waals surface area contributed by atoms with E-state index < -0.39 is 0 Å². The molecule has 6 heteroatoms. The van der Waals surface area contributed by atoms with Gasteiger partial charge < -0.3 is 15.4 Å². The van der Waals surface area contributed by atoms with Crippen molar-refractivity contribution >= 4 is 11.0 Å². The molecule has 0 radical (unpaired) electrons. The van der Waals surface area contributed by atoms with E-state index in [2.05, 4.69) is 67.7 Å². The molecule has 31 heavy (non-hydrogen) atoms. The van der Waals surface area contributed by atoms with Gasteiger partial charge >= 0.3 is 0 Å². The Morgan fingerprint density at radius 3 is 2.71 bits per heavy atom. The third-order valence-electron chi connectivity index (χ3n) is 6.20. The molecule has 1 aromatic carbocycles. The highest BCUT2D eigenvalue weighted by molar-refractivity contribution is 5.86. The minimum atomic E-state index is 0.262. The number of nitrogens with two attached hydrogens (primary N) is 1. The third-order valence-corrected chi connectivity index (χ3v) is 6.20. The fraction of sp³-hybridized carbons (Fsp3) is 0.520. The summed E-state index contributed by atoms with van der Waals surface area (Å²) < 4.78 is 7.72. The summed E-state index contributed by atoms with van der Waals surface area (Å²) >= 11 is 0. The van der Waals surface area contributed by atoms with Crippen molar-refractivity contribution in [3.05, 3.63) is 47.2 Å². The van der Waals surface area contributed by atoms with Crippen LogP contribution in [0.15, 0.2) is 30.3 Å². The van der Waals surface area contributed by atoms with Gasteiger partial charge in [0.15, 0.2) is 5.65 Å². The quantitative estimate of drug-likeness (QED) is 0.617. The first-order chi connectivity index (χ1) is 15.0. The van der Waals surface area contributed by atoms with Gasteiger partial charge in [0.05, 0.1) is 11.4 Å². The summed E-state index contributed by atoms with van der Waals surface area (Å²) in [4.78, 5) is 7.39. The Labute approximate surface area is 185 Å². The van der Waals surface area contributed by atoms with Gasteiger partial charge in [0, 0.05) is 49.8 Å². The molecule has 2 aromatic heterocycles. The van der Waals surface area contributed by atoms with E-state index in [9.17, 15) is 0 Å². The van der Waals surface area contributed by atoms with Crippen LogP contribution in [0.5, 0.6) is 0 Å². The van der Waals surface area contributed by atoms with Gasteiger partial charge in [0.1, 0.15) is 0 Å². The van der Waals surface area contributed by atoms with E-state index in [1.807, 2.05) is 0 Å². The summed E-state index contributed by atoms with van der Waals surface area (Å²) in [5, 5.41) is 6.09. The Hall–Kier alpha value is -2.28. The van der Waals surface area contributed by atoms with Crippen molar-refractivity contribution in [3.63, 3.8) is 0 Å². The van der Waals surface area contributed by atoms with Gasteiger partial charge in [0.25, 0.3) is 0 Å². The molecule has 0 aliphatic carbocycles. The molecule has 0 amide bonds. The van der Waals surface area contributed by atoms with Crippen LogP contribution >= 0.6 is 0 Å². The first kappa shape index (κ1) is 21.9. The van der Waals surface area contributed by atoms with Crippen LogP contribution in [0.1, 0.15) is 55.5 Å². The van der Waals surface area contributed by atoms with Gasteiger partial charge in [-0.3, -0.25) is 0 Å². The molecule has 0 spiro atoms. The lowest BCUT2D eigenvalue weighted by molar-refractivity contribution is 0.0856. The van der Waals surface area contributed by atoms with E-state index in [0.29, 0.717) is 12.5 Å². The number of ether oxygens (including phenoxy) is 1. The molecule has 1 saturated heterocycles. The Morgan fingerprint density at radius 2 is 2.00 bits per heavy atom. The second-order valence-corrected chi connectivity index (χ2v) is 9.03. The molecule has 6 nitrogen and oxygen atoms in total. The predicted octanol–water partition coefficient (Wildman–Crippen LogP) is 4.27. The number of nitrogens with zero attached hydrogens (tertiary/aromatic N) is 4. The predicted molar refractivity (Wildman–Crippen MR) is 126 cm³/mol. The van der Waals surface area contributed by atoms with Crippen molar-refractivity contribution < 1.29 is 4.74 Å². The maximum Gasteiger partial charge on any atom is 0.159 e. The molecule has 1 aliphatic heterocycles. The van der Waals surface area contributed by atoms with Crippen LogP contribution in [-0.4, -0.2) is 53.0 Å². The number of fused-ring (bicyclic) bond motifs is 1. The van der Waals surface area contributed by atoms with Gasteiger partial charge in [-0.25, -0.2) is 9.67 Å². The fourth-order valence-corrected chi connectivity index (χ4v) is 4.62. The number of hydrogen-bond acceptors (Lipinski definition) is 5. The monoisotopic (exact) mass is 421 g/mol. The Morgan fingerprint density at radius 1 is 1.23 bits per heavy atom. The molecule has 1 fully saturated rings. The zero-order chi connectivity index (χ0) is 22.0. The molecule has 2 N–H and O–H groups in total. The molecule has 0 unspecified atom stereocenters. The molecule has 3 aromatic rings. The lowest BCUT2D eigenvalue weighted by Gasteiger charge is -2.24. The van der Waals surface area contributed by atoms with Crippen LogP contribution in [0.2, 0.25) is 0 Å². The molecular weight excluding hydrogens is 386 g/mol. The molecule has 4 rings (SSSR count). The van der Waals surface area contributed by atoms with Crippen LogP contribution in [0, 0.1) is 6.92 Å². The molecular formula is C25H35N5O.